The second kappa shape index (κ2) is 5.54. The highest BCUT2D eigenvalue weighted by molar-refractivity contribution is 7.15. The minimum atomic E-state index is -0.148. The van der Waals surface area contributed by atoms with E-state index >= 15 is 0 Å². The van der Waals surface area contributed by atoms with Crippen molar-refractivity contribution in [1.82, 2.24) is 10.2 Å². The van der Waals surface area contributed by atoms with Gasteiger partial charge in [0.15, 0.2) is 0 Å². The van der Waals surface area contributed by atoms with Gasteiger partial charge < -0.3 is 0 Å². The SMILES string of the molecule is CCCc1nnc(NC(=O)c2ccccc2)s1. The van der Waals surface area contributed by atoms with Crippen LogP contribution >= 0.6 is 11.3 Å². The summed E-state index contributed by atoms with van der Waals surface area (Å²) >= 11 is 1.43. The highest BCUT2D eigenvalue weighted by Gasteiger charge is 2.09. The second-order valence-electron chi connectivity index (χ2n) is 3.57. The number of anilines is 1. The van der Waals surface area contributed by atoms with E-state index in [1.54, 1.807) is 12.1 Å². The third kappa shape index (κ3) is 3.10. The molecule has 0 atom stereocenters. The van der Waals surface area contributed by atoms with Crippen LogP contribution in [0.25, 0.3) is 0 Å². The van der Waals surface area contributed by atoms with Crippen LogP contribution in [0.2, 0.25) is 0 Å². The Kier molecular flexibility index (Phi) is 3.82. The summed E-state index contributed by atoms with van der Waals surface area (Å²) in [7, 11) is 0. The van der Waals surface area contributed by atoms with Crippen molar-refractivity contribution in [2.75, 3.05) is 5.32 Å². The lowest BCUT2D eigenvalue weighted by Gasteiger charge is -1.99. The van der Waals surface area contributed by atoms with Crippen LogP contribution in [-0.4, -0.2) is 16.1 Å². The first-order valence-electron chi connectivity index (χ1n) is 5.48. The van der Waals surface area contributed by atoms with Crippen LogP contribution in [-0.2, 0) is 6.42 Å². The third-order valence-electron chi connectivity index (χ3n) is 2.19. The van der Waals surface area contributed by atoms with E-state index in [4.69, 9.17) is 0 Å². The molecule has 0 spiro atoms. The van der Waals surface area contributed by atoms with Gasteiger partial charge in [0.1, 0.15) is 5.01 Å². The number of rotatable bonds is 4. The lowest BCUT2D eigenvalue weighted by molar-refractivity contribution is 0.102. The van der Waals surface area contributed by atoms with Crippen molar-refractivity contribution < 1.29 is 4.79 Å². The number of nitrogens with zero attached hydrogens (tertiary/aromatic N) is 2. The predicted octanol–water partition coefficient (Wildman–Crippen LogP) is 2.74. The van der Waals surface area contributed by atoms with Crippen molar-refractivity contribution in [3.63, 3.8) is 0 Å². The third-order valence-corrected chi connectivity index (χ3v) is 3.09. The molecule has 1 N–H and O–H groups in total. The highest BCUT2D eigenvalue weighted by atomic mass is 32.1. The Balaban J connectivity index is 2.03. The minimum Gasteiger partial charge on any atom is -0.296 e. The van der Waals surface area contributed by atoms with Crippen LogP contribution in [0.15, 0.2) is 30.3 Å². The van der Waals surface area contributed by atoms with E-state index in [1.165, 1.54) is 11.3 Å². The van der Waals surface area contributed by atoms with Gasteiger partial charge in [-0.05, 0) is 18.6 Å². The predicted molar refractivity (Wildman–Crippen MR) is 68.3 cm³/mol. The van der Waals surface area contributed by atoms with Crippen molar-refractivity contribution in [2.45, 2.75) is 19.8 Å². The molecule has 5 heteroatoms. The van der Waals surface area contributed by atoms with Crippen LogP contribution in [0.5, 0.6) is 0 Å². The Hall–Kier alpha value is -1.75. The van der Waals surface area contributed by atoms with E-state index in [9.17, 15) is 4.79 Å². The molecule has 17 heavy (non-hydrogen) atoms. The van der Waals surface area contributed by atoms with E-state index in [0.717, 1.165) is 17.8 Å². The molecule has 0 fully saturated rings. The summed E-state index contributed by atoms with van der Waals surface area (Å²) in [5, 5.41) is 12.2. The van der Waals surface area contributed by atoms with E-state index in [1.807, 2.05) is 18.2 Å². The van der Waals surface area contributed by atoms with Crippen molar-refractivity contribution in [1.29, 1.82) is 0 Å². The number of hydrogen-bond acceptors (Lipinski definition) is 4. The second-order valence-corrected chi connectivity index (χ2v) is 4.63. The molecule has 0 bridgehead atoms. The smallest absolute Gasteiger partial charge is 0.257 e. The van der Waals surface area contributed by atoms with Gasteiger partial charge in [0.25, 0.3) is 5.91 Å². The molecule has 0 aliphatic heterocycles. The fraction of sp³-hybridized carbons (Fsp3) is 0.250. The Bertz CT molecular complexity index is 495. The number of carbonyl (C=O) groups excluding carboxylic acids is 1. The molecule has 2 aromatic rings. The maximum absolute atomic E-state index is 11.8. The van der Waals surface area contributed by atoms with Gasteiger partial charge in [0, 0.05) is 12.0 Å². The van der Waals surface area contributed by atoms with Crippen molar-refractivity contribution >= 4 is 22.4 Å². The van der Waals surface area contributed by atoms with Gasteiger partial charge in [0.2, 0.25) is 5.13 Å². The largest absolute Gasteiger partial charge is 0.296 e. The number of aromatic nitrogens is 2. The lowest BCUT2D eigenvalue weighted by Crippen LogP contribution is -2.11. The monoisotopic (exact) mass is 247 g/mol. The number of amides is 1. The Morgan fingerprint density at radius 3 is 2.76 bits per heavy atom. The summed E-state index contributed by atoms with van der Waals surface area (Å²) in [5.74, 6) is -0.148. The maximum atomic E-state index is 11.8. The average Bonchev–Trinajstić information content (AvgIpc) is 2.78. The normalized spacial score (nSPS) is 10.2. The van der Waals surface area contributed by atoms with Gasteiger partial charge in [-0.2, -0.15) is 0 Å². The standard InChI is InChI=1S/C12H13N3OS/c1-2-6-10-14-15-12(17-10)13-11(16)9-7-4-3-5-8-9/h3-5,7-8H,2,6H2,1H3,(H,13,15,16). The van der Waals surface area contributed by atoms with Gasteiger partial charge >= 0.3 is 0 Å². The number of benzene rings is 1. The molecule has 1 amide bonds. The van der Waals surface area contributed by atoms with Crippen LogP contribution in [0.4, 0.5) is 5.13 Å². The highest BCUT2D eigenvalue weighted by Crippen LogP contribution is 2.17. The molecule has 88 valence electrons. The molecule has 4 nitrogen and oxygen atoms in total. The Labute approximate surface area is 104 Å². The van der Waals surface area contributed by atoms with E-state index in [2.05, 4.69) is 22.4 Å². The van der Waals surface area contributed by atoms with Crippen LogP contribution in [0, 0.1) is 0 Å². The molecule has 1 heterocycles. The minimum absolute atomic E-state index is 0.148. The van der Waals surface area contributed by atoms with Gasteiger partial charge in [0.05, 0.1) is 0 Å². The zero-order chi connectivity index (χ0) is 12.1. The topological polar surface area (TPSA) is 54.9 Å². The molecule has 0 saturated heterocycles. The van der Waals surface area contributed by atoms with Crippen molar-refractivity contribution in [3.8, 4) is 0 Å². The summed E-state index contributed by atoms with van der Waals surface area (Å²) in [6.07, 6.45) is 1.93. The number of hydrogen-bond donors (Lipinski definition) is 1. The molecule has 0 aliphatic carbocycles. The fourth-order valence-electron chi connectivity index (χ4n) is 1.38. The van der Waals surface area contributed by atoms with Crippen molar-refractivity contribution in [3.05, 3.63) is 40.9 Å². The molecule has 0 saturated carbocycles. The summed E-state index contributed by atoms with van der Waals surface area (Å²) in [6.45, 7) is 2.09. The van der Waals surface area contributed by atoms with E-state index < -0.39 is 0 Å². The molecule has 0 radical (unpaired) electrons. The molecule has 0 unspecified atom stereocenters. The first-order chi connectivity index (χ1) is 8.29. The molecular weight excluding hydrogens is 234 g/mol. The first-order valence-corrected chi connectivity index (χ1v) is 6.30. The van der Waals surface area contributed by atoms with E-state index in [0.29, 0.717) is 10.7 Å². The van der Waals surface area contributed by atoms with E-state index in [-0.39, 0.29) is 5.91 Å². The molecular formula is C12H13N3OS. The zero-order valence-corrected chi connectivity index (χ0v) is 10.3. The Morgan fingerprint density at radius 1 is 1.29 bits per heavy atom. The van der Waals surface area contributed by atoms with Crippen LogP contribution in [0.3, 0.4) is 0 Å². The van der Waals surface area contributed by atoms with Crippen molar-refractivity contribution in [2.24, 2.45) is 0 Å². The van der Waals surface area contributed by atoms with Crippen LogP contribution < -0.4 is 5.32 Å². The fourth-order valence-corrected chi connectivity index (χ4v) is 2.21. The molecule has 1 aromatic carbocycles. The van der Waals surface area contributed by atoms with Gasteiger partial charge in [-0.15, -0.1) is 10.2 Å². The van der Waals surface area contributed by atoms with Gasteiger partial charge in [-0.3, -0.25) is 10.1 Å². The summed E-state index contributed by atoms with van der Waals surface area (Å²) in [4.78, 5) is 11.8. The number of nitrogens with one attached hydrogen (secondary N) is 1. The molecule has 1 aromatic heterocycles. The lowest BCUT2D eigenvalue weighted by atomic mass is 10.2. The average molecular weight is 247 g/mol. The first kappa shape index (κ1) is 11.7. The quantitative estimate of drug-likeness (QED) is 0.903. The zero-order valence-electron chi connectivity index (χ0n) is 9.51. The summed E-state index contributed by atoms with van der Waals surface area (Å²) in [6, 6.07) is 9.07. The number of carbonyl (C=O) groups is 1. The number of aryl methyl sites for hydroxylation is 1. The van der Waals surface area contributed by atoms with Gasteiger partial charge in [-0.25, -0.2) is 0 Å². The van der Waals surface area contributed by atoms with Gasteiger partial charge in [-0.1, -0.05) is 36.5 Å². The molecule has 0 aliphatic rings. The summed E-state index contributed by atoms with van der Waals surface area (Å²) in [5.41, 5.74) is 0.625. The molecule has 2 rings (SSSR count). The van der Waals surface area contributed by atoms with Crippen LogP contribution in [0.1, 0.15) is 28.7 Å². The maximum Gasteiger partial charge on any atom is 0.257 e. The summed E-state index contributed by atoms with van der Waals surface area (Å²) < 4.78 is 0. The Morgan fingerprint density at radius 2 is 2.06 bits per heavy atom.